The fraction of sp³-hybridized carbons (Fsp3) is 0.385. The van der Waals surface area contributed by atoms with Crippen molar-refractivity contribution in [2.75, 3.05) is 0 Å². The van der Waals surface area contributed by atoms with Gasteiger partial charge in [0.2, 0.25) is 0 Å². The van der Waals surface area contributed by atoms with Crippen LogP contribution in [0.2, 0.25) is 0 Å². The van der Waals surface area contributed by atoms with Crippen molar-refractivity contribution in [1.82, 2.24) is 5.32 Å². The molecule has 0 fully saturated rings. The smallest absolute Gasteiger partial charge is 0.0347 e. The summed E-state index contributed by atoms with van der Waals surface area (Å²) in [6.07, 6.45) is 0. The van der Waals surface area contributed by atoms with Crippen molar-refractivity contribution in [3.05, 3.63) is 42.0 Å². The van der Waals surface area contributed by atoms with Crippen molar-refractivity contribution in [3.63, 3.8) is 0 Å². The molecule has 14 heavy (non-hydrogen) atoms. The Morgan fingerprint density at radius 1 is 1.21 bits per heavy atom. The van der Waals surface area contributed by atoms with Crippen LogP contribution in [0.15, 0.2) is 30.8 Å². The molecule has 1 rings (SSSR count). The van der Waals surface area contributed by atoms with E-state index in [1.165, 1.54) is 11.1 Å². The lowest BCUT2D eigenvalue weighted by atomic mass is 10.0. The molecule has 0 aromatic heterocycles. The van der Waals surface area contributed by atoms with Crippen molar-refractivity contribution in [3.8, 4) is 0 Å². The molecular weight excluding hydrogens is 170 g/mol. The Labute approximate surface area is 86.8 Å². The molecule has 0 aliphatic carbocycles. The summed E-state index contributed by atoms with van der Waals surface area (Å²) in [6, 6.07) is 8.28. The molecule has 76 valence electrons. The van der Waals surface area contributed by atoms with E-state index in [2.05, 4.69) is 51.7 Å². The average molecular weight is 189 g/mol. The van der Waals surface area contributed by atoms with E-state index in [1.54, 1.807) is 0 Å². The summed E-state index contributed by atoms with van der Waals surface area (Å²) >= 11 is 0. The van der Waals surface area contributed by atoms with Gasteiger partial charge in [0, 0.05) is 11.2 Å². The van der Waals surface area contributed by atoms with Crippen molar-refractivity contribution in [2.45, 2.75) is 33.2 Å². The molecule has 0 radical (unpaired) electrons. The van der Waals surface area contributed by atoms with Crippen LogP contribution in [0.25, 0.3) is 5.70 Å². The first-order valence-electron chi connectivity index (χ1n) is 4.93. The lowest BCUT2D eigenvalue weighted by Crippen LogP contribution is -2.34. The van der Waals surface area contributed by atoms with Gasteiger partial charge in [-0.1, -0.05) is 30.8 Å². The molecule has 0 saturated carbocycles. The molecule has 0 atom stereocenters. The highest BCUT2D eigenvalue weighted by molar-refractivity contribution is 5.64. The highest BCUT2D eigenvalue weighted by Crippen LogP contribution is 2.17. The molecular formula is C13H19N. The van der Waals surface area contributed by atoms with Gasteiger partial charge in [-0.25, -0.2) is 0 Å². The Kier molecular flexibility index (Phi) is 3.00. The van der Waals surface area contributed by atoms with Gasteiger partial charge in [0.05, 0.1) is 0 Å². The van der Waals surface area contributed by atoms with Crippen LogP contribution in [0, 0.1) is 6.92 Å². The monoisotopic (exact) mass is 189 g/mol. The second kappa shape index (κ2) is 3.87. The maximum atomic E-state index is 4.06. The zero-order valence-electron chi connectivity index (χ0n) is 9.52. The molecule has 0 heterocycles. The highest BCUT2D eigenvalue weighted by atomic mass is 15.0. The summed E-state index contributed by atoms with van der Waals surface area (Å²) in [4.78, 5) is 0. The van der Waals surface area contributed by atoms with Gasteiger partial charge < -0.3 is 5.32 Å². The van der Waals surface area contributed by atoms with Crippen LogP contribution in [0.3, 0.4) is 0 Å². The molecule has 1 N–H and O–H groups in total. The molecule has 0 bridgehead atoms. The van der Waals surface area contributed by atoms with Gasteiger partial charge in [-0.3, -0.25) is 0 Å². The minimum absolute atomic E-state index is 0.0688. The number of nitrogens with one attached hydrogen (secondary N) is 1. The Morgan fingerprint density at radius 2 is 1.79 bits per heavy atom. The van der Waals surface area contributed by atoms with Crippen LogP contribution in [0.1, 0.15) is 31.9 Å². The van der Waals surface area contributed by atoms with Crippen LogP contribution in [-0.2, 0) is 0 Å². The second-order valence-corrected chi connectivity index (χ2v) is 4.67. The molecule has 0 spiro atoms. The third-order valence-corrected chi connectivity index (χ3v) is 2.00. The molecule has 1 aromatic rings. The van der Waals surface area contributed by atoms with Crippen LogP contribution < -0.4 is 5.32 Å². The van der Waals surface area contributed by atoms with E-state index in [0.29, 0.717) is 0 Å². The molecule has 0 saturated heterocycles. The summed E-state index contributed by atoms with van der Waals surface area (Å²) in [6.45, 7) is 12.6. The van der Waals surface area contributed by atoms with Crippen molar-refractivity contribution < 1.29 is 0 Å². The quantitative estimate of drug-likeness (QED) is 0.752. The molecule has 0 unspecified atom stereocenters. The lowest BCUT2D eigenvalue weighted by Gasteiger charge is -2.24. The van der Waals surface area contributed by atoms with E-state index >= 15 is 0 Å². The standard InChI is InChI=1S/C13H19N/c1-10-8-6-7-9-12(10)11(2)14-13(3,4)5/h6-9,14H,2H2,1,3-5H3. The molecule has 0 aliphatic heterocycles. The summed E-state index contributed by atoms with van der Waals surface area (Å²) < 4.78 is 0. The van der Waals surface area contributed by atoms with Crippen LogP contribution in [0.4, 0.5) is 0 Å². The number of hydrogen-bond donors (Lipinski definition) is 1. The van der Waals surface area contributed by atoms with Crippen molar-refractivity contribution >= 4 is 5.70 Å². The van der Waals surface area contributed by atoms with Gasteiger partial charge in [0.15, 0.2) is 0 Å². The normalized spacial score (nSPS) is 11.1. The minimum Gasteiger partial charge on any atom is -0.380 e. The molecule has 1 aromatic carbocycles. The number of rotatable bonds is 2. The van der Waals surface area contributed by atoms with E-state index in [0.717, 1.165) is 5.70 Å². The van der Waals surface area contributed by atoms with Gasteiger partial charge in [-0.05, 0) is 38.8 Å². The SMILES string of the molecule is C=C(NC(C)(C)C)c1ccccc1C. The van der Waals surface area contributed by atoms with Crippen molar-refractivity contribution in [2.24, 2.45) is 0 Å². The number of benzene rings is 1. The third-order valence-electron chi connectivity index (χ3n) is 2.00. The summed E-state index contributed by atoms with van der Waals surface area (Å²) in [5, 5.41) is 3.38. The molecule has 1 heteroatoms. The van der Waals surface area contributed by atoms with E-state index in [-0.39, 0.29) is 5.54 Å². The Hall–Kier alpha value is -1.24. The maximum absolute atomic E-state index is 4.06. The first-order chi connectivity index (χ1) is 6.40. The number of aryl methyl sites for hydroxylation is 1. The topological polar surface area (TPSA) is 12.0 Å². The van der Waals surface area contributed by atoms with Crippen LogP contribution in [0.5, 0.6) is 0 Å². The van der Waals surface area contributed by atoms with Gasteiger partial charge in [0.25, 0.3) is 0 Å². The van der Waals surface area contributed by atoms with Crippen molar-refractivity contribution in [1.29, 1.82) is 0 Å². The van der Waals surface area contributed by atoms with Gasteiger partial charge >= 0.3 is 0 Å². The Balaban J connectivity index is 2.86. The van der Waals surface area contributed by atoms with Gasteiger partial charge in [0.1, 0.15) is 0 Å². The second-order valence-electron chi connectivity index (χ2n) is 4.67. The van der Waals surface area contributed by atoms with E-state index in [4.69, 9.17) is 0 Å². The Bertz CT molecular complexity index is 331. The predicted molar refractivity (Wildman–Crippen MR) is 63.1 cm³/mol. The fourth-order valence-corrected chi connectivity index (χ4v) is 1.43. The summed E-state index contributed by atoms with van der Waals surface area (Å²) in [5.74, 6) is 0. The maximum Gasteiger partial charge on any atom is 0.0347 e. The first-order valence-corrected chi connectivity index (χ1v) is 4.93. The molecule has 0 amide bonds. The molecule has 1 nitrogen and oxygen atoms in total. The minimum atomic E-state index is 0.0688. The van der Waals surface area contributed by atoms with E-state index < -0.39 is 0 Å². The molecule has 0 aliphatic rings. The first kappa shape index (κ1) is 10.8. The zero-order valence-corrected chi connectivity index (χ0v) is 9.52. The Morgan fingerprint density at radius 3 is 2.29 bits per heavy atom. The van der Waals surface area contributed by atoms with E-state index in [1.807, 2.05) is 12.1 Å². The third kappa shape index (κ3) is 2.91. The number of hydrogen-bond acceptors (Lipinski definition) is 1. The predicted octanol–water partition coefficient (Wildman–Crippen LogP) is 3.35. The van der Waals surface area contributed by atoms with Crippen LogP contribution >= 0.6 is 0 Å². The lowest BCUT2D eigenvalue weighted by molar-refractivity contribution is 0.502. The van der Waals surface area contributed by atoms with E-state index in [9.17, 15) is 0 Å². The fourth-order valence-electron chi connectivity index (χ4n) is 1.43. The zero-order chi connectivity index (χ0) is 10.8. The largest absolute Gasteiger partial charge is 0.380 e. The van der Waals surface area contributed by atoms with Gasteiger partial charge in [-0.2, -0.15) is 0 Å². The summed E-state index contributed by atoms with van der Waals surface area (Å²) in [7, 11) is 0. The van der Waals surface area contributed by atoms with Crippen LogP contribution in [-0.4, -0.2) is 5.54 Å². The van der Waals surface area contributed by atoms with Gasteiger partial charge in [-0.15, -0.1) is 0 Å². The summed E-state index contributed by atoms with van der Waals surface area (Å²) in [5.41, 5.74) is 3.52. The highest BCUT2D eigenvalue weighted by Gasteiger charge is 2.11. The average Bonchev–Trinajstić information content (AvgIpc) is 2.01.